The third-order valence-corrected chi connectivity index (χ3v) is 4.66. The molecular weight excluding hydrogens is 250 g/mol. The summed E-state index contributed by atoms with van der Waals surface area (Å²) in [5.41, 5.74) is 0.424. The Bertz CT molecular complexity index is 414. The van der Waals surface area contributed by atoms with E-state index >= 15 is 0 Å². The van der Waals surface area contributed by atoms with Crippen molar-refractivity contribution in [1.29, 1.82) is 0 Å². The summed E-state index contributed by atoms with van der Waals surface area (Å²) >= 11 is 0. The van der Waals surface area contributed by atoms with Crippen molar-refractivity contribution in [1.82, 2.24) is 15.5 Å². The van der Waals surface area contributed by atoms with E-state index in [-0.39, 0.29) is 6.04 Å². The number of nitrogens with zero attached hydrogens (tertiary/aromatic N) is 2. The molecule has 0 amide bonds. The van der Waals surface area contributed by atoms with Crippen LogP contribution in [0.15, 0.2) is 4.52 Å². The van der Waals surface area contributed by atoms with Crippen molar-refractivity contribution in [2.75, 3.05) is 6.54 Å². The zero-order valence-electron chi connectivity index (χ0n) is 13.6. The Balaban J connectivity index is 1.94. The number of nitrogens with one attached hydrogen (secondary N) is 1. The van der Waals surface area contributed by atoms with Gasteiger partial charge in [0.05, 0.1) is 6.04 Å². The number of rotatable bonds is 4. The molecule has 1 aromatic rings. The molecule has 0 saturated heterocycles. The predicted octanol–water partition coefficient (Wildman–Crippen LogP) is 4.06. The van der Waals surface area contributed by atoms with Crippen molar-refractivity contribution in [2.24, 2.45) is 11.3 Å². The standard InChI is InChI=1S/C16H29N3O/c1-6-17-11(2)15-18-14(19-20-15)12-7-9-13(10-8-12)16(3,4)5/h11-13,17H,6-10H2,1-5H3. The second kappa shape index (κ2) is 6.25. The van der Waals surface area contributed by atoms with Crippen molar-refractivity contribution in [3.63, 3.8) is 0 Å². The highest BCUT2D eigenvalue weighted by Crippen LogP contribution is 2.42. The lowest BCUT2D eigenvalue weighted by molar-refractivity contribution is 0.166. The van der Waals surface area contributed by atoms with E-state index in [2.05, 4.69) is 50.1 Å². The van der Waals surface area contributed by atoms with E-state index in [1.54, 1.807) is 0 Å². The molecule has 0 spiro atoms. The molecule has 1 heterocycles. The Hall–Kier alpha value is -0.900. The Morgan fingerprint density at radius 2 is 1.90 bits per heavy atom. The summed E-state index contributed by atoms with van der Waals surface area (Å²) in [5.74, 6) is 2.95. The number of hydrogen-bond acceptors (Lipinski definition) is 4. The molecular formula is C16H29N3O. The SMILES string of the molecule is CCNC(C)c1nc(C2CCC(C(C)(C)C)CC2)no1. The van der Waals surface area contributed by atoms with Crippen LogP contribution in [0.25, 0.3) is 0 Å². The lowest BCUT2D eigenvalue weighted by Gasteiger charge is -2.36. The first-order valence-corrected chi connectivity index (χ1v) is 7.98. The molecule has 0 bridgehead atoms. The van der Waals surface area contributed by atoms with Crippen LogP contribution in [0.1, 0.15) is 84.0 Å². The molecule has 4 heteroatoms. The van der Waals surface area contributed by atoms with Crippen LogP contribution >= 0.6 is 0 Å². The van der Waals surface area contributed by atoms with Crippen LogP contribution in [0.3, 0.4) is 0 Å². The van der Waals surface area contributed by atoms with Crippen molar-refractivity contribution in [2.45, 2.75) is 72.3 Å². The van der Waals surface area contributed by atoms with E-state index in [1.165, 1.54) is 25.7 Å². The van der Waals surface area contributed by atoms with Crippen LogP contribution in [-0.2, 0) is 0 Å². The zero-order chi connectivity index (χ0) is 14.8. The fraction of sp³-hybridized carbons (Fsp3) is 0.875. The zero-order valence-corrected chi connectivity index (χ0v) is 13.6. The largest absolute Gasteiger partial charge is 0.338 e. The van der Waals surface area contributed by atoms with Crippen molar-refractivity contribution >= 4 is 0 Å². The van der Waals surface area contributed by atoms with Gasteiger partial charge in [-0.1, -0.05) is 32.9 Å². The lowest BCUT2D eigenvalue weighted by Crippen LogP contribution is -2.25. The molecule has 2 rings (SSSR count). The Morgan fingerprint density at radius 1 is 1.25 bits per heavy atom. The monoisotopic (exact) mass is 279 g/mol. The van der Waals surface area contributed by atoms with Gasteiger partial charge in [0.1, 0.15) is 0 Å². The van der Waals surface area contributed by atoms with Gasteiger partial charge in [-0.05, 0) is 50.5 Å². The van der Waals surface area contributed by atoms with E-state index in [0.29, 0.717) is 11.3 Å². The van der Waals surface area contributed by atoms with Crippen LogP contribution in [0.2, 0.25) is 0 Å². The van der Waals surface area contributed by atoms with Gasteiger partial charge in [0.25, 0.3) is 0 Å². The van der Waals surface area contributed by atoms with Crippen molar-refractivity contribution in [3.05, 3.63) is 11.7 Å². The summed E-state index contributed by atoms with van der Waals surface area (Å²) in [5, 5.41) is 7.51. The first-order chi connectivity index (χ1) is 9.41. The summed E-state index contributed by atoms with van der Waals surface area (Å²) in [4.78, 5) is 4.60. The van der Waals surface area contributed by atoms with Gasteiger partial charge in [-0.25, -0.2) is 0 Å². The molecule has 1 N–H and O–H groups in total. The molecule has 1 saturated carbocycles. The Labute approximate surface area is 122 Å². The quantitative estimate of drug-likeness (QED) is 0.903. The van der Waals surface area contributed by atoms with E-state index in [1.807, 2.05) is 0 Å². The molecule has 1 aliphatic carbocycles. The van der Waals surface area contributed by atoms with Gasteiger partial charge < -0.3 is 9.84 Å². The van der Waals surface area contributed by atoms with Gasteiger partial charge in [-0.15, -0.1) is 0 Å². The summed E-state index contributed by atoms with van der Waals surface area (Å²) in [6.07, 6.45) is 4.94. The van der Waals surface area contributed by atoms with Gasteiger partial charge in [0, 0.05) is 5.92 Å². The molecule has 1 atom stereocenters. The van der Waals surface area contributed by atoms with E-state index < -0.39 is 0 Å². The molecule has 0 aliphatic heterocycles. The minimum absolute atomic E-state index is 0.146. The number of aromatic nitrogens is 2. The topological polar surface area (TPSA) is 51.0 Å². The van der Waals surface area contributed by atoms with Crippen LogP contribution in [0, 0.1) is 11.3 Å². The van der Waals surface area contributed by atoms with E-state index in [0.717, 1.165) is 24.2 Å². The minimum Gasteiger partial charge on any atom is -0.338 e. The molecule has 114 valence electrons. The molecule has 0 aromatic carbocycles. The Kier molecular flexibility index (Phi) is 4.84. The minimum atomic E-state index is 0.146. The average Bonchev–Trinajstić information content (AvgIpc) is 2.88. The van der Waals surface area contributed by atoms with Crippen LogP contribution in [0.4, 0.5) is 0 Å². The van der Waals surface area contributed by atoms with E-state index in [9.17, 15) is 0 Å². The number of hydrogen-bond donors (Lipinski definition) is 1. The molecule has 20 heavy (non-hydrogen) atoms. The maximum atomic E-state index is 5.40. The fourth-order valence-corrected chi connectivity index (χ4v) is 3.20. The maximum absolute atomic E-state index is 5.40. The summed E-state index contributed by atoms with van der Waals surface area (Å²) in [6.45, 7) is 12.1. The molecule has 1 fully saturated rings. The molecule has 1 aromatic heterocycles. The second-order valence-corrected chi connectivity index (χ2v) is 7.18. The summed E-state index contributed by atoms with van der Waals surface area (Å²) in [7, 11) is 0. The van der Waals surface area contributed by atoms with Gasteiger partial charge in [0.2, 0.25) is 5.89 Å². The lowest BCUT2D eigenvalue weighted by atomic mass is 9.70. The highest BCUT2D eigenvalue weighted by Gasteiger charge is 2.32. The first kappa shape index (κ1) is 15.5. The first-order valence-electron chi connectivity index (χ1n) is 7.98. The highest BCUT2D eigenvalue weighted by atomic mass is 16.5. The fourth-order valence-electron chi connectivity index (χ4n) is 3.20. The van der Waals surface area contributed by atoms with Crippen LogP contribution in [-0.4, -0.2) is 16.7 Å². The molecule has 0 radical (unpaired) electrons. The molecule has 1 aliphatic rings. The van der Waals surface area contributed by atoms with Gasteiger partial charge >= 0.3 is 0 Å². The van der Waals surface area contributed by atoms with Gasteiger partial charge in [-0.3, -0.25) is 0 Å². The van der Waals surface area contributed by atoms with Crippen molar-refractivity contribution < 1.29 is 4.52 Å². The predicted molar refractivity (Wildman–Crippen MR) is 80.5 cm³/mol. The normalized spacial score (nSPS) is 25.6. The van der Waals surface area contributed by atoms with Crippen LogP contribution in [0.5, 0.6) is 0 Å². The summed E-state index contributed by atoms with van der Waals surface area (Å²) in [6, 6.07) is 0.146. The highest BCUT2D eigenvalue weighted by molar-refractivity contribution is 5.00. The van der Waals surface area contributed by atoms with Gasteiger partial charge in [-0.2, -0.15) is 4.98 Å². The second-order valence-electron chi connectivity index (χ2n) is 7.18. The Morgan fingerprint density at radius 3 is 2.45 bits per heavy atom. The maximum Gasteiger partial charge on any atom is 0.243 e. The smallest absolute Gasteiger partial charge is 0.243 e. The van der Waals surface area contributed by atoms with Crippen molar-refractivity contribution in [3.8, 4) is 0 Å². The molecule has 1 unspecified atom stereocenters. The van der Waals surface area contributed by atoms with Gasteiger partial charge in [0.15, 0.2) is 5.82 Å². The van der Waals surface area contributed by atoms with E-state index in [4.69, 9.17) is 4.52 Å². The molecule has 4 nitrogen and oxygen atoms in total. The summed E-state index contributed by atoms with van der Waals surface area (Å²) < 4.78 is 5.40. The van der Waals surface area contributed by atoms with Crippen LogP contribution < -0.4 is 5.32 Å². The average molecular weight is 279 g/mol. The third kappa shape index (κ3) is 3.60. The third-order valence-electron chi connectivity index (χ3n) is 4.66.